The van der Waals surface area contributed by atoms with E-state index in [1.807, 2.05) is 19.4 Å². The van der Waals surface area contributed by atoms with Gasteiger partial charge in [-0.3, -0.25) is 0 Å². The summed E-state index contributed by atoms with van der Waals surface area (Å²) < 4.78 is 2.10. The zero-order chi connectivity index (χ0) is 12.8. The monoisotopic (exact) mass is 243 g/mol. The van der Waals surface area contributed by atoms with Crippen molar-refractivity contribution in [1.29, 1.82) is 0 Å². The number of imidazole rings is 1. The largest absolute Gasteiger partial charge is 0.338 e. The average molecular weight is 243 g/mol. The number of hydrogen-bond acceptors (Lipinski definition) is 2. The molecule has 1 atom stereocenters. The smallest absolute Gasteiger partial charge is 0.108 e. The van der Waals surface area contributed by atoms with Crippen LogP contribution in [0.25, 0.3) is 0 Å². The van der Waals surface area contributed by atoms with Gasteiger partial charge in [0.05, 0.1) is 0 Å². The molecule has 0 saturated carbocycles. The normalized spacial score (nSPS) is 12.6. The van der Waals surface area contributed by atoms with Crippen molar-refractivity contribution in [3.63, 3.8) is 0 Å². The van der Waals surface area contributed by atoms with Gasteiger partial charge in [-0.15, -0.1) is 0 Å². The maximum Gasteiger partial charge on any atom is 0.108 e. The summed E-state index contributed by atoms with van der Waals surface area (Å²) in [6.07, 6.45) is 6.01. The summed E-state index contributed by atoms with van der Waals surface area (Å²) in [5.41, 5.74) is 1.40. The highest BCUT2D eigenvalue weighted by atomic mass is 15.0. The lowest BCUT2D eigenvalue weighted by Gasteiger charge is -2.16. The molecule has 3 nitrogen and oxygen atoms in total. The van der Waals surface area contributed by atoms with Gasteiger partial charge in [0.15, 0.2) is 0 Å². The second-order valence-corrected chi connectivity index (χ2v) is 4.66. The van der Waals surface area contributed by atoms with Crippen molar-refractivity contribution in [2.45, 2.75) is 18.8 Å². The van der Waals surface area contributed by atoms with Gasteiger partial charge >= 0.3 is 0 Å². The van der Waals surface area contributed by atoms with E-state index in [-0.39, 0.29) is 0 Å². The summed E-state index contributed by atoms with van der Waals surface area (Å²) in [7, 11) is 4.06. The lowest BCUT2D eigenvalue weighted by atomic mass is 9.94. The standard InChI is InChI=1S/C15H21N3/c1-16-12-14(13-6-4-3-5-7-13)8-9-15-17-10-11-18(15)2/h3-7,10-11,14,16H,8-9,12H2,1-2H3. The number of rotatable bonds is 6. The average Bonchev–Trinajstić information content (AvgIpc) is 2.81. The molecule has 0 bridgehead atoms. The highest BCUT2D eigenvalue weighted by Gasteiger charge is 2.11. The molecule has 0 aliphatic rings. The van der Waals surface area contributed by atoms with Gasteiger partial charge in [0.2, 0.25) is 0 Å². The van der Waals surface area contributed by atoms with Gasteiger partial charge in [0.25, 0.3) is 0 Å². The van der Waals surface area contributed by atoms with Gasteiger partial charge < -0.3 is 9.88 Å². The molecule has 2 rings (SSSR count). The summed E-state index contributed by atoms with van der Waals surface area (Å²) in [6, 6.07) is 10.7. The van der Waals surface area contributed by atoms with Crippen LogP contribution in [0.1, 0.15) is 23.7 Å². The van der Waals surface area contributed by atoms with Crippen molar-refractivity contribution in [2.75, 3.05) is 13.6 Å². The molecule has 96 valence electrons. The van der Waals surface area contributed by atoms with E-state index in [4.69, 9.17) is 0 Å². The fourth-order valence-corrected chi connectivity index (χ4v) is 2.30. The van der Waals surface area contributed by atoms with Crippen molar-refractivity contribution >= 4 is 0 Å². The maximum absolute atomic E-state index is 4.38. The van der Waals surface area contributed by atoms with Crippen LogP contribution < -0.4 is 5.32 Å². The molecular formula is C15H21N3. The van der Waals surface area contributed by atoms with Crippen LogP contribution >= 0.6 is 0 Å². The highest BCUT2D eigenvalue weighted by molar-refractivity contribution is 5.20. The lowest BCUT2D eigenvalue weighted by molar-refractivity contribution is 0.568. The Kier molecular flexibility index (Phi) is 4.53. The molecule has 1 aromatic carbocycles. The van der Waals surface area contributed by atoms with Crippen LogP contribution in [0.2, 0.25) is 0 Å². The molecule has 0 saturated heterocycles. The molecule has 1 N–H and O–H groups in total. The molecule has 0 aliphatic heterocycles. The number of hydrogen-bond donors (Lipinski definition) is 1. The molecule has 1 aromatic heterocycles. The van der Waals surface area contributed by atoms with Crippen molar-refractivity contribution in [2.24, 2.45) is 7.05 Å². The van der Waals surface area contributed by atoms with E-state index in [1.165, 1.54) is 5.56 Å². The predicted molar refractivity (Wildman–Crippen MR) is 74.6 cm³/mol. The van der Waals surface area contributed by atoms with Crippen LogP contribution in [0.4, 0.5) is 0 Å². The number of aryl methyl sites for hydroxylation is 2. The molecule has 0 radical (unpaired) electrons. The SMILES string of the molecule is CNCC(CCc1nccn1C)c1ccccc1. The van der Waals surface area contributed by atoms with E-state index in [0.717, 1.165) is 25.2 Å². The van der Waals surface area contributed by atoms with Gasteiger partial charge in [-0.05, 0) is 24.9 Å². The minimum atomic E-state index is 0.549. The lowest BCUT2D eigenvalue weighted by Crippen LogP contribution is -2.18. The van der Waals surface area contributed by atoms with Crippen LogP contribution in [0.3, 0.4) is 0 Å². The number of aromatic nitrogens is 2. The summed E-state index contributed by atoms with van der Waals surface area (Å²) in [4.78, 5) is 4.38. The van der Waals surface area contributed by atoms with Gasteiger partial charge in [-0.25, -0.2) is 4.98 Å². The number of likely N-dealkylation sites (N-methyl/N-ethyl adjacent to an activating group) is 1. The summed E-state index contributed by atoms with van der Waals surface area (Å²) in [6.45, 7) is 1.01. The Hall–Kier alpha value is -1.61. The Bertz CT molecular complexity index is 462. The Balaban J connectivity index is 2.01. The molecule has 0 fully saturated rings. The van der Waals surface area contributed by atoms with Gasteiger partial charge in [-0.1, -0.05) is 30.3 Å². The molecule has 1 unspecified atom stereocenters. The minimum Gasteiger partial charge on any atom is -0.338 e. The van der Waals surface area contributed by atoms with Gasteiger partial charge in [0.1, 0.15) is 5.82 Å². The molecule has 0 amide bonds. The number of nitrogens with zero attached hydrogens (tertiary/aromatic N) is 2. The molecular weight excluding hydrogens is 222 g/mol. The first-order valence-electron chi connectivity index (χ1n) is 6.47. The van der Waals surface area contributed by atoms with Crippen molar-refractivity contribution in [1.82, 2.24) is 14.9 Å². The third-order valence-electron chi connectivity index (χ3n) is 3.36. The van der Waals surface area contributed by atoms with E-state index in [2.05, 4.69) is 52.2 Å². The molecule has 2 aromatic rings. The second-order valence-electron chi connectivity index (χ2n) is 4.66. The maximum atomic E-state index is 4.38. The predicted octanol–water partition coefficient (Wildman–Crippen LogP) is 2.36. The van der Waals surface area contributed by atoms with Crippen LogP contribution in [-0.2, 0) is 13.5 Å². The fraction of sp³-hybridized carbons (Fsp3) is 0.400. The minimum absolute atomic E-state index is 0.549. The van der Waals surface area contributed by atoms with Crippen molar-refractivity contribution in [3.05, 3.63) is 54.1 Å². The summed E-state index contributed by atoms with van der Waals surface area (Å²) in [5, 5.41) is 3.28. The first-order valence-corrected chi connectivity index (χ1v) is 6.47. The van der Waals surface area contributed by atoms with Crippen LogP contribution in [0.5, 0.6) is 0 Å². The van der Waals surface area contributed by atoms with E-state index >= 15 is 0 Å². The quantitative estimate of drug-likeness (QED) is 0.844. The van der Waals surface area contributed by atoms with Gasteiger partial charge in [0, 0.05) is 32.4 Å². The number of nitrogens with one attached hydrogen (secondary N) is 1. The molecule has 0 aliphatic carbocycles. The van der Waals surface area contributed by atoms with Crippen molar-refractivity contribution in [3.8, 4) is 0 Å². The fourth-order valence-electron chi connectivity index (χ4n) is 2.30. The van der Waals surface area contributed by atoms with Gasteiger partial charge in [-0.2, -0.15) is 0 Å². The van der Waals surface area contributed by atoms with Crippen molar-refractivity contribution < 1.29 is 0 Å². The first-order chi connectivity index (χ1) is 8.81. The molecule has 3 heteroatoms. The zero-order valence-corrected chi connectivity index (χ0v) is 11.1. The molecule has 1 heterocycles. The Morgan fingerprint density at radius 2 is 2.06 bits per heavy atom. The number of benzene rings is 1. The molecule has 0 spiro atoms. The topological polar surface area (TPSA) is 29.9 Å². The third-order valence-corrected chi connectivity index (χ3v) is 3.36. The first kappa shape index (κ1) is 12.8. The van der Waals surface area contributed by atoms with Crippen LogP contribution in [-0.4, -0.2) is 23.1 Å². The van der Waals surface area contributed by atoms with E-state index in [0.29, 0.717) is 5.92 Å². The second kappa shape index (κ2) is 6.36. The van der Waals surface area contributed by atoms with Crippen LogP contribution in [0.15, 0.2) is 42.7 Å². The Morgan fingerprint density at radius 1 is 1.28 bits per heavy atom. The van der Waals surface area contributed by atoms with E-state index < -0.39 is 0 Å². The zero-order valence-electron chi connectivity index (χ0n) is 11.1. The third kappa shape index (κ3) is 3.20. The Morgan fingerprint density at radius 3 is 2.67 bits per heavy atom. The van der Waals surface area contributed by atoms with E-state index in [1.54, 1.807) is 0 Å². The summed E-state index contributed by atoms with van der Waals surface area (Å²) >= 11 is 0. The van der Waals surface area contributed by atoms with E-state index in [9.17, 15) is 0 Å². The van der Waals surface area contributed by atoms with Crippen LogP contribution in [0, 0.1) is 0 Å². The summed E-state index contributed by atoms with van der Waals surface area (Å²) in [5.74, 6) is 1.71. The highest BCUT2D eigenvalue weighted by Crippen LogP contribution is 2.20. The molecule has 18 heavy (non-hydrogen) atoms. The Labute approximate surface area is 109 Å².